The maximum absolute atomic E-state index is 10.7. The van der Waals surface area contributed by atoms with Gasteiger partial charge in [0, 0.05) is 6.07 Å². The number of rotatable bonds is 5. The second kappa shape index (κ2) is 6.45. The summed E-state index contributed by atoms with van der Waals surface area (Å²) in [7, 11) is 0. The van der Waals surface area contributed by atoms with Gasteiger partial charge >= 0.3 is 0 Å². The fourth-order valence-electron chi connectivity index (χ4n) is 1.89. The fourth-order valence-corrected chi connectivity index (χ4v) is 2.10. The Bertz CT molecular complexity index is 850. The lowest BCUT2D eigenvalue weighted by molar-refractivity contribution is -0.384. The second-order valence-corrected chi connectivity index (χ2v) is 4.93. The third-order valence-electron chi connectivity index (χ3n) is 2.96. The summed E-state index contributed by atoms with van der Waals surface area (Å²) in [6, 6.07) is 13.0. The van der Waals surface area contributed by atoms with Gasteiger partial charge in [-0.15, -0.1) is 10.2 Å². The van der Waals surface area contributed by atoms with E-state index in [0.29, 0.717) is 16.3 Å². The summed E-state index contributed by atoms with van der Waals surface area (Å²) >= 11 is 6.07. The zero-order valence-corrected chi connectivity index (χ0v) is 12.4. The molecule has 0 bridgehead atoms. The monoisotopic (exact) mass is 331 g/mol. The number of non-ortho nitro benzene ring substituents is 1. The van der Waals surface area contributed by atoms with Crippen molar-refractivity contribution in [3.05, 3.63) is 69.6 Å². The number of aromatic nitrogens is 2. The number of halogens is 1. The molecular formula is C15H10ClN3O4. The summed E-state index contributed by atoms with van der Waals surface area (Å²) in [6.07, 6.45) is 0. The summed E-state index contributed by atoms with van der Waals surface area (Å²) < 4.78 is 10.9. The molecule has 0 atom stereocenters. The Labute approximate surface area is 135 Å². The SMILES string of the molecule is O=[N+]([O-])c1cccc(OCc2nnc(-c3ccccc3Cl)o2)c1. The quantitative estimate of drug-likeness (QED) is 0.520. The van der Waals surface area contributed by atoms with E-state index in [2.05, 4.69) is 10.2 Å². The Morgan fingerprint density at radius 3 is 2.78 bits per heavy atom. The third-order valence-corrected chi connectivity index (χ3v) is 3.29. The van der Waals surface area contributed by atoms with Crippen molar-refractivity contribution in [2.45, 2.75) is 6.61 Å². The van der Waals surface area contributed by atoms with Crippen molar-refractivity contribution >= 4 is 17.3 Å². The normalized spacial score (nSPS) is 10.5. The van der Waals surface area contributed by atoms with Crippen LogP contribution in [0.2, 0.25) is 5.02 Å². The van der Waals surface area contributed by atoms with Gasteiger partial charge in [-0.3, -0.25) is 10.1 Å². The number of hydrogen-bond donors (Lipinski definition) is 0. The van der Waals surface area contributed by atoms with Gasteiger partial charge in [0.1, 0.15) is 5.75 Å². The summed E-state index contributed by atoms with van der Waals surface area (Å²) in [6.45, 7) is -0.00137. The largest absolute Gasteiger partial charge is 0.484 e. The molecule has 1 heterocycles. The van der Waals surface area contributed by atoms with Crippen molar-refractivity contribution in [3.63, 3.8) is 0 Å². The van der Waals surface area contributed by atoms with E-state index in [0.717, 1.165) is 0 Å². The van der Waals surface area contributed by atoms with Crippen LogP contribution in [0.25, 0.3) is 11.5 Å². The Balaban J connectivity index is 1.72. The second-order valence-electron chi connectivity index (χ2n) is 4.52. The van der Waals surface area contributed by atoms with Crippen molar-refractivity contribution in [2.24, 2.45) is 0 Å². The molecule has 2 aromatic carbocycles. The molecule has 3 rings (SSSR count). The van der Waals surface area contributed by atoms with E-state index < -0.39 is 4.92 Å². The van der Waals surface area contributed by atoms with Gasteiger partial charge in [0.25, 0.3) is 11.6 Å². The molecule has 7 nitrogen and oxygen atoms in total. The minimum absolute atomic E-state index is 0.00137. The van der Waals surface area contributed by atoms with Crippen LogP contribution in [-0.2, 0) is 6.61 Å². The molecule has 0 fully saturated rings. The predicted molar refractivity (Wildman–Crippen MR) is 82.2 cm³/mol. The van der Waals surface area contributed by atoms with Gasteiger partial charge in [-0.05, 0) is 18.2 Å². The molecule has 0 aliphatic heterocycles. The first-order valence-corrected chi connectivity index (χ1v) is 6.96. The highest BCUT2D eigenvalue weighted by atomic mass is 35.5. The summed E-state index contributed by atoms with van der Waals surface area (Å²) in [5.41, 5.74) is 0.577. The first kappa shape index (κ1) is 15.0. The number of ether oxygens (including phenoxy) is 1. The van der Waals surface area contributed by atoms with Crippen LogP contribution in [0.4, 0.5) is 5.69 Å². The summed E-state index contributed by atoms with van der Waals surface area (Å²) in [4.78, 5) is 10.2. The number of nitrogens with zero attached hydrogens (tertiary/aromatic N) is 3. The van der Waals surface area contributed by atoms with E-state index in [1.807, 2.05) is 6.07 Å². The van der Waals surface area contributed by atoms with E-state index in [1.54, 1.807) is 24.3 Å². The van der Waals surface area contributed by atoms with Crippen LogP contribution < -0.4 is 4.74 Å². The summed E-state index contributed by atoms with van der Waals surface area (Å²) in [5, 5.41) is 19.0. The molecule has 3 aromatic rings. The lowest BCUT2D eigenvalue weighted by Gasteiger charge is -2.02. The molecule has 8 heteroatoms. The molecule has 0 amide bonds. The Morgan fingerprint density at radius 1 is 1.17 bits per heavy atom. The standard InChI is InChI=1S/C15H10ClN3O4/c16-13-7-2-1-6-12(13)15-18-17-14(23-15)9-22-11-5-3-4-10(8-11)19(20)21/h1-8H,9H2. The zero-order chi connectivity index (χ0) is 16.2. The van der Waals surface area contributed by atoms with Gasteiger partial charge in [0.2, 0.25) is 5.89 Å². The molecule has 0 radical (unpaired) electrons. The van der Waals surface area contributed by atoms with Crippen LogP contribution in [0.3, 0.4) is 0 Å². The van der Waals surface area contributed by atoms with Crippen LogP contribution >= 0.6 is 11.6 Å². The molecule has 0 aliphatic carbocycles. The molecular weight excluding hydrogens is 322 g/mol. The summed E-state index contributed by atoms with van der Waals surface area (Å²) in [5.74, 6) is 0.872. The highest BCUT2D eigenvalue weighted by Gasteiger charge is 2.12. The van der Waals surface area contributed by atoms with E-state index in [9.17, 15) is 10.1 Å². The van der Waals surface area contributed by atoms with Crippen LogP contribution in [0, 0.1) is 10.1 Å². The third kappa shape index (κ3) is 3.46. The van der Waals surface area contributed by atoms with E-state index >= 15 is 0 Å². The minimum Gasteiger partial charge on any atom is -0.484 e. The Kier molecular flexibility index (Phi) is 4.20. The van der Waals surface area contributed by atoms with Gasteiger partial charge in [-0.2, -0.15) is 0 Å². The Hall–Kier alpha value is -2.93. The number of nitro benzene ring substituents is 1. The predicted octanol–water partition coefficient (Wildman–Crippen LogP) is 3.88. The van der Waals surface area contributed by atoms with Crippen molar-refractivity contribution in [1.82, 2.24) is 10.2 Å². The molecule has 23 heavy (non-hydrogen) atoms. The van der Waals surface area contributed by atoms with Crippen LogP contribution in [0.15, 0.2) is 52.9 Å². The van der Waals surface area contributed by atoms with E-state index in [1.165, 1.54) is 18.2 Å². The minimum atomic E-state index is -0.491. The van der Waals surface area contributed by atoms with Crippen LogP contribution in [-0.4, -0.2) is 15.1 Å². The highest BCUT2D eigenvalue weighted by molar-refractivity contribution is 6.33. The number of nitro groups is 1. The molecule has 0 spiro atoms. The van der Waals surface area contributed by atoms with Gasteiger partial charge in [-0.1, -0.05) is 29.8 Å². The van der Waals surface area contributed by atoms with E-state index in [4.69, 9.17) is 20.8 Å². The topological polar surface area (TPSA) is 91.3 Å². The van der Waals surface area contributed by atoms with Crippen molar-refractivity contribution in [2.75, 3.05) is 0 Å². The highest BCUT2D eigenvalue weighted by Crippen LogP contribution is 2.26. The van der Waals surface area contributed by atoms with Gasteiger partial charge in [0.05, 0.1) is 21.6 Å². The maximum atomic E-state index is 10.7. The van der Waals surface area contributed by atoms with Crippen molar-refractivity contribution in [3.8, 4) is 17.2 Å². The first-order chi connectivity index (χ1) is 11.1. The molecule has 0 N–H and O–H groups in total. The molecule has 0 aliphatic rings. The first-order valence-electron chi connectivity index (χ1n) is 6.58. The average molecular weight is 332 g/mol. The zero-order valence-electron chi connectivity index (χ0n) is 11.7. The van der Waals surface area contributed by atoms with Crippen LogP contribution in [0.5, 0.6) is 5.75 Å². The molecule has 0 saturated carbocycles. The number of benzene rings is 2. The van der Waals surface area contributed by atoms with E-state index in [-0.39, 0.29) is 24.1 Å². The molecule has 116 valence electrons. The maximum Gasteiger partial charge on any atom is 0.273 e. The van der Waals surface area contributed by atoms with Gasteiger partial charge < -0.3 is 9.15 Å². The number of hydrogen-bond acceptors (Lipinski definition) is 6. The van der Waals surface area contributed by atoms with Crippen LogP contribution in [0.1, 0.15) is 5.89 Å². The fraction of sp³-hybridized carbons (Fsp3) is 0.0667. The van der Waals surface area contributed by atoms with Gasteiger partial charge in [-0.25, -0.2) is 0 Å². The van der Waals surface area contributed by atoms with Crippen molar-refractivity contribution < 1.29 is 14.1 Å². The molecule has 1 aromatic heterocycles. The lowest BCUT2D eigenvalue weighted by atomic mass is 10.2. The average Bonchev–Trinajstić information content (AvgIpc) is 3.02. The molecule has 0 saturated heterocycles. The van der Waals surface area contributed by atoms with Crippen molar-refractivity contribution in [1.29, 1.82) is 0 Å². The lowest BCUT2D eigenvalue weighted by Crippen LogP contribution is -1.96. The Morgan fingerprint density at radius 2 is 2.00 bits per heavy atom. The van der Waals surface area contributed by atoms with Gasteiger partial charge in [0.15, 0.2) is 6.61 Å². The molecule has 0 unspecified atom stereocenters. The smallest absolute Gasteiger partial charge is 0.273 e.